The minimum absolute atomic E-state index is 0.227. The van der Waals surface area contributed by atoms with E-state index in [9.17, 15) is 13.2 Å². The Balaban J connectivity index is 1.72. The first kappa shape index (κ1) is 19.6. The number of hydrogen-bond acceptors (Lipinski definition) is 8. The second-order valence-electron chi connectivity index (χ2n) is 6.29. The Kier molecular flexibility index (Phi) is 5.81. The van der Waals surface area contributed by atoms with Gasteiger partial charge in [-0.3, -0.25) is 0 Å². The van der Waals surface area contributed by atoms with Crippen LogP contribution in [0, 0.1) is 0 Å². The van der Waals surface area contributed by atoms with Crippen LogP contribution in [0.15, 0.2) is 40.9 Å². The van der Waals surface area contributed by atoms with Crippen molar-refractivity contribution in [2.24, 2.45) is 0 Å². The number of rotatable bonds is 7. The van der Waals surface area contributed by atoms with Crippen LogP contribution in [0.4, 0.5) is 24.8 Å². The van der Waals surface area contributed by atoms with E-state index >= 15 is 0 Å². The van der Waals surface area contributed by atoms with Crippen LogP contribution in [0.3, 0.4) is 0 Å². The molecule has 11 heteroatoms. The van der Waals surface area contributed by atoms with Gasteiger partial charge in [0.15, 0.2) is 11.6 Å². The number of nitrogens with zero attached hydrogens (tertiary/aromatic N) is 4. The van der Waals surface area contributed by atoms with E-state index in [1.165, 1.54) is 25.2 Å². The number of allylic oxidation sites excluding steroid dienone is 4. The molecule has 150 valence electrons. The topological polar surface area (TPSA) is 98.0 Å². The second kappa shape index (κ2) is 8.28. The summed E-state index contributed by atoms with van der Waals surface area (Å²) in [5.74, 6) is 0.559. The normalized spacial score (nSPS) is 16.1. The number of aromatic nitrogens is 4. The number of halogens is 3. The third-order valence-electron chi connectivity index (χ3n) is 3.99. The van der Waals surface area contributed by atoms with Gasteiger partial charge in [-0.05, 0) is 42.2 Å². The molecule has 0 spiro atoms. The molecule has 1 fully saturated rings. The Morgan fingerprint density at radius 2 is 1.82 bits per heavy atom. The van der Waals surface area contributed by atoms with Crippen LogP contribution in [0.2, 0.25) is 0 Å². The number of nitrogens with one attached hydrogen (secondary N) is 2. The van der Waals surface area contributed by atoms with Crippen molar-refractivity contribution in [1.82, 2.24) is 20.3 Å². The lowest BCUT2D eigenvalue weighted by Crippen LogP contribution is -2.17. The molecule has 1 aliphatic rings. The van der Waals surface area contributed by atoms with Crippen LogP contribution in [0.5, 0.6) is 0 Å². The van der Waals surface area contributed by atoms with Crippen molar-refractivity contribution in [3.8, 4) is 0 Å². The van der Waals surface area contributed by atoms with Gasteiger partial charge in [0.1, 0.15) is 5.76 Å². The molecule has 2 aromatic rings. The van der Waals surface area contributed by atoms with Crippen molar-refractivity contribution < 1.29 is 22.5 Å². The van der Waals surface area contributed by atoms with Gasteiger partial charge >= 0.3 is 6.36 Å². The average Bonchev–Trinajstić information content (AvgIpc) is 3.24. The van der Waals surface area contributed by atoms with Gasteiger partial charge in [-0.1, -0.05) is 25.5 Å². The molecular weight excluding hydrogens is 377 g/mol. The van der Waals surface area contributed by atoms with Crippen molar-refractivity contribution in [3.05, 3.63) is 36.3 Å². The van der Waals surface area contributed by atoms with Crippen LogP contribution in [0.25, 0.3) is 11.3 Å². The number of fused-ring (bicyclic) bond motifs is 1. The molecular formula is C17H19F3N6O2. The smallest absolute Gasteiger partial charge is 0.411 e. The number of alkyl halides is 3. The van der Waals surface area contributed by atoms with Crippen LogP contribution in [-0.4, -0.2) is 32.7 Å². The summed E-state index contributed by atoms with van der Waals surface area (Å²) in [6.07, 6.45) is 3.65. The molecule has 0 aromatic carbocycles. The Labute approximate surface area is 158 Å². The van der Waals surface area contributed by atoms with Crippen molar-refractivity contribution in [2.45, 2.75) is 45.0 Å². The molecule has 0 aliphatic heterocycles. The Hall–Kier alpha value is -3.11. The van der Waals surface area contributed by atoms with Crippen LogP contribution in [-0.2, 0) is 4.74 Å². The summed E-state index contributed by atoms with van der Waals surface area (Å²) in [6.45, 7) is 5.02. The third-order valence-corrected chi connectivity index (χ3v) is 3.99. The molecule has 0 amide bonds. The van der Waals surface area contributed by atoms with E-state index in [1.54, 1.807) is 0 Å². The first-order valence-corrected chi connectivity index (χ1v) is 8.63. The molecule has 1 saturated carbocycles. The highest BCUT2D eigenvalue weighted by atomic mass is 19.4. The van der Waals surface area contributed by atoms with E-state index in [2.05, 4.69) is 46.9 Å². The summed E-state index contributed by atoms with van der Waals surface area (Å²) >= 11 is 0. The molecule has 3 rings (SSSR count). The minimum Gasteiger partial charge on any atom is -0.411 e. The lowest BCUT2D eigenvalue weighted by Gasteiger charge is -2.15. The molecule has 0 radical (unpaired) electrons. The fraction of sp³-hybridized carbons (Fsp3) is 0.412. The maximum absolute atomic E-state index is 12.1. The van der Waals surface area contributed by atoms with Gasteiger partial charge in [-0.2, -0.15) is 0 Å². The van der Waals surface area contributed by atoms with Gasteiger partial charge in [-0.15, -0.1) is 13.2 Å². The van der Waals surface area contributed by atoms with Crippen molar-refractivity contribution in [1.29, 1.82) is 0 Å². The Bertz CT molecular complexity index is 900. The molecule has 0 bridgehead atoms. The standard InChI is InChI=1S/C17H19F3N6O2/c1-10(6-5-7-11(2)27-17(18,19)20)21-13-14(22-12-8-3-4-9-12)24-16-15(23-13)25-28-26-16/h5-7,12H,1,3-4,8-9H2,2H3,(H,21,23,25)(H,22,24,26)/b6-5-,11-7+. The monoisotopic (exact) mass is 396 g/mol. The third kappa shape index (κ3) is 5.44. The quantitative estimate of drug-likeness (QED) is 0.528. The van der Waals surface area contributed by atoms with Gasteiger partial charge < -0.3 is 15.4 Å². The van der Waals surface area contributed by atoms with Crippen molar-refractivity contribution >= 4 is 22.9 Å². The molecule has 0 unspecified atom stereocenters. The van der Waals surface area contributed by atoms with Gasteiger partial charge in [0.25, 0.3) is 0 Å². The molecule has 8 nitrogen and oxygen atoms in total. The molecule has 28 heavy (non-hydrogen) atoms. The number of anilines is 2. The maximum atomic E-state index is 12.1. The lowest BCUT2D eigenvalue weighted by molar-refractivity contribution is -0.305. The average molecular weight is 396 g/mol. The lowest BCUT2D eigenvalue weighted by atomic mass is 10.2. The molecule has 2 N–H and O–H groups in total. The molecule has 1 aliphatic carbocycles. The minimum atomic E-state index is -4.72. The summed E-state index contributed by atoms with van der Waals surface area (Å²) < 4.78 is 44.8. The van der Waals surface area contributed by atoms with E-state index in [4.69, 9.17) is 0 Å². The van der Waals surface area contributed by atoms with Crippen LogP contribution >= 0.6 is 0 Å². The van der Waals surface area contributed by atoms with E-state index in [1.807, 2.05) is 0 Å². The first-order chi connectivity index (χ1) is 13.3. The Morgan fingerprint density at radius 1 is 1.18 bits per heavy atom. The fourth-order valence-electron chi connectivity index (χ4n) is 2.80. The van der Waals surface area contributed by atoms with Crippen LogP contribution in [0.1, 0.15) is 32.6 Å². The summed E-state index contributed by atoms with van der Waals surface area (Å²) in [5.41, 5.74) is 0.885. The predicted molar refractivity (Wildman–Crippen MR) is 96.1 cm³/mol. The SMILES string of the molecule is C=C(/C=C\C=C(/C)OC(F)(F)F)Nc1nc2nonc2nc1NC1CCCC1. The molecule has 2 aromatic heterocycles. The van der Waals surface area contributed by atoms with Gasteiger partial charge in [-0.25, -0.2) is 14.6 Å². The fourth-order valence-corrected chi connectivity index (χ4v) is 2.80. The van der Waals surface area contributed by atoms with Gasteiger partial charge in [0.2, 0.25) is 11.3 Å². The second-order valence-corrected chi connectivity index (χ2v) is 6.29. The van der Waals surface area contributed by atoms with E-state index in [0.717, 1.165) is 25.7 Å². The zero-order valence-corrected chi connectivity index (χ0v) is 15.1. The Morgan fingerprint density at radius 3 is 2.46 bits per heavy atom. The number of ether oxygens (including phenoxy) is 1. The van der Waals surface area contributed by atoms with Gasteiger partial charge in [0, 0.05) is 11.7 Å². The predicted octanol–water partition coefficient (Wildman–Crippen LogP) is 4.29. The van der Waals surface area contributed by atoms with E-state index in [-0.39, 0.29) is 23.1 Å². The van der Waals surface area contributed by atoms with Crippen molar-refractivity contribution in [3.63, 3.8) is 0 Å². The molecule has 2 heterocycles. The largest absolute Gasteiger partial charge is 0.572 e. The summed E-state index contributed by atoms with van der Waals surface area (Å²) in [6, 6.07) is 0.279. The zero-order valence-electron chi connectivity index (χ0n) is 15.1. The zero-order chi connectivity index (χ0) is 20.1. The van der Waals surface area contributed by atoms with Crippen molar-refractivity contribution in [2.75, 3.05) is 10.6 Å². The van der Waals surface area contributed by atoms with E-state index in [0.29, 0.717) is 17.3 Å². The highest BCUT2D eigenvalue weighted by Crippen LogP contribution is 2.27. The summed E-state index contributed by atoms with van der Waals surface area (Å²) in [5, 5.41) is 13.7. The van der Waals surface area contributed by atoms with E-state index < -0.39 is 6.36 Å². The first-order valence-electron chi connectivity index (χ1n) is 8.63. The van der Waals surface area contributed by atoms with Crippen LogP contribution < -0.4 is 10.6 Å². The number of hydrogen-bond donors (Lipinski definition) is 2. The summed E-state index contributed by atoms with van der Waals surface area (Å²) in [4.78, 5) is 8.70. The molecule has 0 saturated heterocycles. The van der Waals surface area contributed by atoms with Gasteiger partial charge in [0.05, 0.1) is 0 Å². The summed E-state index contributed by atoms with van der Waals surface area (Å²) in [7, 11) is 0. The highest BCUT2D eigenvalue weighted by Gasteiger charge is 2.30. The molecule has 0 atom stereocenters. The maximum Gasteiger partial charge on any atom is 0.572 e. The highest BCUT2D eigenvalue weighted by molar-refractivity contribution is 5.74.